The molecule has 3 unspecified atom stereocenters. The van der Waals surface area contributed by atoms with Crippen LogP contribution in [0.5, 0.6) is 0 Å². The first-order valence-corrected chi connectivity index (χ1v) is 7.05. The molecule has 1 aliphatic rings. The third-order valence-electron chi connectivity index (χ3n) is 3.51. The summed E-state index contributed by atoms with van der Waals surface area (Å²) in [5.74, 6) is 0.764. The molecule has 20 heavy (non-hydrogen) atoms. The third-order valence-corrected chi connectivity index (χ3v) is 3.51. The Kier molecular flexibility index (Phi) is 5.17. The van der Waals surface area contributed by atoms with Gasteiger partial charge in [0.25, 0.3) is 0 Å². The fourth-order valence-electron chi connectivity index (χ4n) is 2.65. The molecule has 1 saturated heterocycles. The van der Waals surface area contributed by atoms with Gasteiger partial charge in [0, 0.05) is 19.1 Å². The van der Waals surface area contributed by atoms with Crippen LogP contribution in [0.15, 0.2) is 22.8 Å². The van der Waals surface area contributed by atoms with Crippen molar-refractivity contribution in [1.82, 2.24) is 10.2 Å². The molecule has 1 aromatic heterocycles. The van der Waals surface area contributed by atoms with Crippen LogP contribution >= 0.6 is 0 Å². The highest BCUT2D eigenvalue weighted by Gasteiger charge is 2.37. The topological polar surface area (TPSA) is 80.7 Å². The molecule has 6 heteroatoms. The lowest BCUT2D eigenvalue weighted by molar-refractivity contribution is -0.135. The predicted octanol–water partition coefficient (Wildman–Crippen LogP) is 0.505. The Bertz CT molecular complexity index is 419. The number of hydrogen-bond donors (Lipinski definition) is 2. The number of nitrogens with two attached hydrogens (primary N) is 1. The summed E-state index contributed by atoms with van der Waals surface area (Å²) in [6.45, 7) is 6.08. The molecule has 0 radical (unpaired) electrons. The van der Waals surface area contributed by atoms with E-state index in [1.54, 1.807) is 6.26 Å². The smallest absolute Gasteiger partial charge is 0.239 e. The van der Waals surface area contributed by atoms with Gasteiger partial charge in [0.05, 0.1) is 25.5 Å². The van der Waals surface area contributed by atoms with Crippen LogP contribution in [0.2, 0.25) is 0 Å². The average Bonchev–Trinajstić information content (AvgIpc) is 2.93. The van der Waals surface area contributed by atoms with Crippen molar-refractivity contribution < 1.29 is 13.9 Å². The van der Waals surface area contributed by atoms with E-state index in [2.05, 4.69) is 10.2 Å². The van der Waals surface area contributed by atoms with Gasteiger partial charge in [0.1, 0.15) is 11.8 Å². The van der Waals surface area contributed by atoms with Crippen molar-refractivity contribution in [2.24, 2.45) is 5.73 Å². The Labute approximate surface area is 119 Å². The summed E-state index contributed by atoms with van der Waals surface area (Å²) < 4.78 is 11.0. The van der Waals surface area contributed by atoms with Gasteiger partial charge < -0.3 is 20.2 Å². The van der Waals surface area contributed by atoms with Gasteiger partial charge in [-0.05, 0) is 26.0 Å². The lowest BCUT2D eigenvalue weighted by atomic mass is 10.0. The van der Waals surface area contributed by atoms with Crippen LogP contribution in [0.4, 0.5) is 0 Å². The molecular weight excluding hydrogens is 258 g/mol. The van der Waals surface area contributed by atoms with E-state index < -0.39 is 0 Å². The molecule has 0 saturated carbocycles. The summed E-state index contributed by atoms with van der Waals surface area (Å²) in [7, 11) is 0. The van der Waals surface area contributed by atoms with Crippen molar-refractivity contribution in [3.05, 3.63) is 24.2 Å². The first kappa shape index (κ1) is 15.0. The Morgan fingerprint density at radius 1 is 1.65 bits per heavy atom. The van der Waals surface area contributed by atoms with Crippen molar-refractivity contribution in [2.45, 2.75) is 32.0 Å². The number of carbonyl (C=O) groups is 1. The van der Waals surface area contributed by atoms with Crippen molar-refractivity contribution in [3.63, 3.8) is 0 Å². The van der Waals surface area contributed by atoms with Crippen LogP contribution in [0.1, 0.15) is 25.6 Å². The first-order valence-electron chi connectivity index (χ1n) is 7.05. The van der Waals surface area contributed by atoms with E-state index in [-0.39, 0.29) is 24.0 Å². The molecule has 1 amide bonds. The summed E-state index contributed by atoms with van der Waals surface area (Å²) in [4.78, 5) is 14.3. The minimum atomic E-state index is -0.329. The number of furan rings is 1. The monoisotopic (exact) mass is 281 g/mol. The molecule has 2 rings (SSSR count). The van der Waals surface area contributed by atoms with E-state index in [0.29, 0.717) is 26.3 Å². The highest BCUT2D eigenvalue weighted by Crippen LogP contribution is 2.27. The molecule has 2 heterocycles. The molecule has 0 spiro atoms. The fourth-order valence-corrected chi connectivity index (χ4v) is 2.65. The number of nitrogens with one attached hydrogen (secondary N) is 1. The molecule has 0 aromatic carbocycles. The maximum Gasteiger partial charge on any atom is 0.239 e. The lowest BCUT2D eigenvalue weighted by Crippen LogP contribution is -2.57. The normalized spacial score (nSPS) is 23.2. The summed E-state index contributed by atoms with van der Waals surface area (Å²) >= 11 is 0. The van der Waals surface area contributed by atoms with Crippen LogP contribution in [-0.2, 0) is 9.53 Å². The number of amides is 1. The van der Waals surface area contributed by atoms with E-state index in [0.717, 1.165) is 5.76 Å². The van der Waals surface area contributed by atoms with Gasteiger partial charge >= 0.3 is 0 Å². The van der Waals surface area contributed by atoms with Crippen molar-refractivity contribution >= 4 is 5.91 Å². The SMILES string of the molecule is CCNC(=O)C1COCCN1C(c1ccco1)C(C)N. The second kappa shape index (κ2) is 6.88. The number of morpholine rings is 1. The number of nitrogens with zero attached hydrogens (tertiary/aromatic N) is 1. The van der Waals surface area contributed by atoms with Gasteiger partial charge in [-0.1, -0.05) is 0 Å². The van der Waals surface area contributed by atoms with Crippen LogP contribution < -0.4 is 11.1 Å². The second-order valence-electron chi connectivity index (χ2n) is 5.04. The zero-order valence-electron chi connectivity index (χ0n) is 12.0. The lowest BCUT2D eigenvalue weighted by Gasteiger charge is -2.40. The molecule has 3 atom stereocenters. The summed E-state index contributed by atoms with van der Waals surface area (Å²) in [5.41, 5.74) is 6.12. The maximum absolute atomic E-state index is 12.2. The van der Waals surface area contributed by atoms with E-state index in [1.807, 2.05) is 26.0 Å². The standard InChI is InChI=1S/C14H23N3O3/c1-3-16-14(18)11-9-19-8-6-17(11)13(10(2)15)12-5-4-7-20-12/h4-5,7,10-11,13H,3,6,8-9,15H2,1-2H3,(H,16,18). The molecule has 6 nitrogen and oxygen atoms in total. The molecule has 1 fully saturated rings. The zero-order valence-corrected chi connectivity index (χ0v) is 12.0. The quantitative estimate of drug-likeness (QED) is 0.821. The van der Waals surface area contributed by atoms with Gasteiger partial charge in [-0.25, -0.2) is 0 Å². The Balaban J connectivity index is 2.22. The fraction of sp³-hybridized carbons (Fsp3) is 0.643. The highest BCUT2D eigenvalue weighted by molar-refractivity contribution is 5.82. The number of likely N-dealkylation sites (N-methyl/N-ethyl adjacent to an activating group) is 1. The number of hydrogen-bond acceptors (Lipinski definition) is 5. The van der Waals surface area contributed by atoms with Gasteiger partial charge in [0.15, 0.2) is 0 Å². The number of rotatable bonds is 5. The second-order valence-corrected chi connectivity index (χ2v) is 5.04. The van der Waals surface area contributed by atoms with Gasteiger partial charge in [0.2, 0.25) is 5.91 Å². The van der Waals surface area contributed by atoms with E-state index >= 15 is 0 Å². The third kappa shape index (κ3) is 3.20. The summed E-state index contributed by atoms with van der Waals surface area (Å²) in [6, 6.07) is 3.15. The molecule has 1 aromatic rings. The Hall–Kier alpha value is -1.37. The molecular formula is C14H23N3O3. The molecule has 3 N–H and O–H groups in total. The van der Waals surface area contributed by atoms with Gasteiger partial charge in [-0.2, -0.15) is 0 Å². The molecule has 1 aliphatic heterocycles. The number of ether oxygens (including phenoxy) is 1. The van der Waals surface area contributed by atoms with E-state index in [1.165, 1.54) is 0 Å². The first-order chi connectivity index (χ1) is 9.65. The highest BCUT2D eigenvalue weighted by atomic mass is 16.5. The average molecular weight is 281 g/mol. The van der Waals surface area contributed by atoms with Crippen LogP contribution in [-0.4, -0.2) is 49.2 Å². The Morgan fingerprint density at radius 2 is 2.45 bits per heavy atom. The molecule has 0 aliphatic carbocycles. The minimum Gasteiger partial charge on any atom is -0.468 e. The van der Waals surface area contributed by atoms with Crippen molar-refractivity contribution in [1.29, 1.82) is 0 Å². The van der Waals surface area contributed by atoms with Crippen molar-refractivity contribution in [3.8, 4) is 0 Å². The number of carbonyl (C=O) groups excluding carboxylic acids is 1. The largest absolute Gasteiger partial charge is 0.468 e. The minimum absolute atomic E-state index is 0.0237. The molecule has 112 valence electrons. The Morgan fingerprint density at radius 3 is 3.05 bits per heavy atom. The van der Waals surface area contributed by atoms with Crippen molar-refractivity contribution in [2.75, 3.05) is 26.3 Å². The predicted molar refractivity (Wildman–Crippen MR) is 75.1 cm³/mol. The maximum atomic E-state index is 12.2. The zero-order chi connectivity index (χ0) is 14.5. The molecule has 0 bridgehead atoms. The van der Waals surface area contributed by atoms with Gasteiger partial charge in [-0.3, -0.25) is 9.69 Å². The van der Waals surface area contributed by atoms with Crippen LogP contribution in [0, 0.1) is 0 Å². The summed E-state index contributed by atoms with van der Waals surface area (Å²) in [5, 5.41) is 2.85. The van der Waals surface area contributed by atoms with E-state index in [4.69, 9.17) is 14.9 Å². The van der Waals surface area contributed by atoms with E-state index in [9.17, 15) is 4.79 Å². The van der Waals surface area contributed by atoms with Crippen LogP contribution in [0.25, 0.3) is 0 Å². The summed E-state index contributed by atoms with van der Waals surface area (Å²) in [6.07, 6.45) is 1.63. The van der Waals surface area contributed by atoms with Crippen LogP contribution in [0.3, 0.4) is 0 Å². The van der Waals surface area contributed by atoms with Gasteiger partial charge in [-0.15, -0.1) is 0 Å².